The van der Waals surface area contributed by atoms with E-state index in [2.05, 4.69) is 38.6 Å². The third-order valence-electron chi connectivity index (χ3n) is 2.32. The molecule has 78 valence electrons. The quantitative estimate of drug-likeness (QED) is 0.552. The number of allylic oxidation sites excluding steroid dienone is 3. The number of unbranched alkanes of at least 4 members (excludes halogenated alkanes) is 1. The molecule has 0 aliphatic heterocycles. The normalized spacial score (nSPS) is 14.9. The highest BCUT2D eigenvalue weighted by Crippen LogP contribution is 2.29. The highest BCUT2D eigenvalue weighted by molar-refractivity contribution is 5.14. The van der Waals surface area contributed by atoms with Crippen molar-refractivity contribution in [3.05, 3.63) is 24.8 Å². The van der Waals surface area contributed by atoms with Crippen molar-refractivity contribution in [1.29, 1.82) is 5.26 Å². The van der Waals surface area contributed by atoms with Crippen molar-refractivity contribution < 1.29 is 0 Å². The Bertz CT molecular complexity index is 222. The van der Waals surface area contributed by atoms with E-state index in [0.717, 1.165) is 32.1 Å². The first-order valence-electron chi connectivity index (χ1n) is 5.44. The van der Waals surface area contributed by atoms with Gasteiger partial charge in [0.05, 0.1) is 11.5 Å². The summed E-state index contributed by atoms with van der Waals surface area (Å²) < 4.78 is 0. The Hall–Kier alpha value is -1.03. The van der Waals surface area contributed by atoms with Gasteiger partial charge in [-0.3, -0.25) is 0 Å². The summed E-state index contributed by atoms with van der Waals surface area (Å²) in [6.45, 7) is 7.98. The lowest BCUT2D eigenvalue weighted by Gasteiger charge is -2.20. The van der Waals surface area contributed by atoms with Gasteiger partial charge in [0, 0.05) is 0 Å². The summed E-state index contributed by atoms with van der Waals surface area (Å²) in [6.07, 6.45) is 11.0. The molecule has 0 radical (unpaired) electrons. The number of rotatable bonds is 7. The first-order valence-corrected chi connectivity index (χ1v) is 5.44. The average Bonchev–Trinajstić information content (AvgIpc) is 2.19. The van der Waals surface area contributed by atoms with Crippen LogP contribution in [0.25, 0.3) is 0 Å². The SMILES string of the molecule is C=CCC(C#N)(C=CCCC)CCC. The first kappa shape index (κ1) is 13.0. The van der Waals surface area contributed by atoms with Gasteiger partial charge in [-0.15, -0.1) is 6.58 Å². The molecule has 0 saturated carbocycles. The van der Waals surface area contributed by atoms with Crippen LogP contribution in [-0.4, -0.2) is 0 Å². The zero-order valence-electron chi connectivity index (χ0n) is 9.42. The van der Waals surface area contributed by atoms with E-state index < -0.39 is 0 Å². The summed E-state index contributed by atoms with van der Waals surface area (Å²) in [7, 11) is 0. The van der Waals surface area contributed by atoms with Crippen molar-refractivity contribution >= 4 is 0 Å². The molecule has 0 bridgehead atoms. The Kier molecular flexibility index (Phi) is 6.84. The predicted octanol–water partition coefficient (Wildman–Crippen LogP) is 4.23. The van der Waals surface area contributed by atoms with Crippen LogP contribution in [0.4, 0.5) is 0 Å². The number of nitrogens with zero attached hydrogens (tertiary/aromatic N) is 1. The van der Waals surface area contributed by atoms with E-state index >= 15 is 0 Å². The summed E-state index contributed by atoms with van der Waals surface area (Å²) >= 11 is 0. The van der Waals surface area contributed by atoms with E-state index in [4.69, 9.17) is 0 Å². The second-order valence-electron chi connectivity index (χ2n) is 3.70. The number of hydrogen-bond donors (Lipinski definition) is 0. The third-order valence-corrected chi connectivity index (χ3v) is 2.32. The molecule has 0 rings (SSSR count). The van der Waals surface area contributed by atoms with Crippen LogP contribution < -0.4 is 0 Å². The topological polar surface area (TPSA) is 23.8 Å². The lowest BCUT2D eigenvalue weighted by atomic mass is 9.81. The van der Waals surface area contributed by atoms with Crippen molar-refractivity contribution in [2.45, 2.75) is 46.0 Å². The van der Waals surface area contributed by atoms with Gasteiger partial charge in [0.2, 0.25) is 0 Å². The Morgan fingerprint density at radius 2 is 2.07 bits per heavy atom. The third kappa shape index (κ3) is 4.28. The highest BCUT2D eigenvalue weighted by atomic mass is 14.3. The van der Waals surface area contributed by atoms with E-state index in [0.29, 0.717) is 0 Å². The Morgan fingerprint density at radius 1 is 1.36 bits per heavy atom. The second-order valence-corrected chi connectivity index (χ2v) is 3.70. The summed E-state index contributed by atoms with van der Waals surface area (Å²) in [5.74, 6) is 0. The molecular weight excluding hydrogens is 170 g/mol. The van der Waals surface area contributed by atoms with E-state index in [9.17, 15) is 5.26 Å². The maximum atomic E-state index is 9.19. The van der Waals surface area contributed by atoms with Crippen LogP contribution in [0.2, 0.25) is 0 Å². The van der Waals surface area contributed by atoms with E-state index in [1.807, 2.05) is 6.08 Å². The maximum absolute atomic E-state index is 9.19. The monoisotopic (exact) mass is 191 g/mol. The van der Waals surface area contributed by atoms with Gasteiger partial charge in [-0.2, -0.15) is 5.26 Å². The van der Waals surface area contributed by atoms with Crippen LogP contribution in [0.5, 0.6) is 0 Å². The standard InChI is InChI=1S/C13H21N/c1-4-7-8-11-13(12-14,9-5-2)10-6-3/h5,8,11H,2,4,6-7,9-10H2,1,3H3. The Labute approximate surface area is 88.1 Å². The van der Waals surface area contributed by atoms with Crippen LogP contribution in [0.3, 0.4) is 0 Å². The lowest BCUT2D eigenvalue weighted by molar-refractivity contribution is 0.462. The molecule has 1 nitrogen and oxygen atoms in total. The zero-order valence-corrected chi connectivity index (χ0v) is 9.42. The highest BCUT2D eigenvalue weighted by Gasteiger charge is 2.23. The minimum Gasteiger partial charge on any atom is -0.197 e. The Morgan fingerprint density at radius 3 is 2.50 bits per heavy atom. The molecular formula is C13H21N. The molecule has 0 saturated heterocycles. The van der Waals surface area contributed by atoms with Gasteiger partial charge < -0.3 is 0 Å². The summed E-state index contributed by atoms with van der Waals surface area (Å²) in [4.78, 5) is 0. The van der Waals surface area contributed by atoms with Crippen molar-refractivity contribution in [2.24, 2.45) is 5.41 Å². The molecule has 0 aromatic rings. The van der Waals surface area contributed by atoms with Crippen molar-refractivity contribution in [3.8, 4) is 6.07 Å². The average molecular weight is 191 g/mol. The smallest absolute Gasteiger partial charge is 0.0787 e. The number of nitriles is 1. The lowest BCUT2D eigenvalue weighted by Crippen LogP contribution is -2.13. The summed E-state index contributed by atoms with van der Waals surface area (Å²) in [6, 6.07) is 2.42. The minimum atomic E-state index is -0.300. The van der Waals surface area contributed by atoms with Gasteiger partial charge in [-0.1, -0.05) is 44.9 Å². The van der Waals surface area contributed by atoms with Gasteiger partial charge in [0.1, 0.15) is 0 Å². The van der Waals surface area contributed by atoms with E-state index in [-0.39, 0.29) is 5.41 Å². The molecule has 0 aromatic heterocycles. The molecule has 0 aliphatic rings. The molecule has 1 heteroatoms. The summed E-state index contributed by atoms with van der Waals surface area (Å²) in [5.41, 5.74) is -0.300. The van der Waals surface area contributed by atoms with Gasteiger partial charge in [0.25, 0.3) is 0 Å². The molecule has 0 spiro atoms. The molecule has 0 N–H and O–H groups in total. The largest absolute Gasteiger partial charge is 0.197 e. The predicted molar refractivity (Wildman–Crippen MR) is 61.8 cm³/mol. The first-order chi connectivity index (χ1) is 6.74. The molecule has 0 aliphatic carbocycles. The van der Waals surface area contributed by atoms with Crippen molar-refractivity contribution in [1.82, 2.24) is 0 Å². The molecule has 0 fully saturated rings. The second kappa shape index (κ2) is 7.38. The fourth-order valence-electron chi connectivity index (χ4n) is 1.57. The maximum Gasteiger partial charge on any atom is 0.0787 e. The molecule has 0 heterocycles. The Balaban J connectivity index is 4.49. The molecule has 1 atom stereocenters. The van der Waals surface area contributed by atoms with Crippen molar-refractivity contribution in [3.63, 3.8) is 0 Å². The molecule has 14 heavy (non-hydrogen) atoms. The van der Waals surface area contributed by atoms with Crippen LogP contribution in [-0.2, 0) is 0 Å². The van der Waals surface area contributed by atoms with Gasteiger partial charge in [-0.25, -0.2) is 0 Å². The molecule has 0 amide bonds. The molecule has 1 unspecified atom stereocenters. The van der Waals surface area contributed by atoms with Gasteiger partial charge >= 0.3 is 0 Å². The fraction of sp³-hybridized carbons (Fsp3) is 0.615. The van der Waals surface area contributed by atoms with Gasteiger partial charge in [-0.05, 0) is 19.3 Å². The van der Waals surface area contributed by atoms with Crippen molar-refractivity contribution in [2.75, 3.05) is 0 Å². The molecule has 0 aromatic carbocycles. The summed E-state index contributed by atoms with van der Waals surface area (Å²) in [5, 5.41) is 9.19. The van der Waals surface area contributed by atoms with Crippen LogP contribution in [0, 0.1) is 16.7 Å². The van der Waals surface area contributed by atoms with Crippen LogP contribution in [0.1, 0.15) is 46.0 Å². The van der Waals surface area contributed by atoms with Crippen LogP contribution >= 0.6 is 0 Å². The van der Waals surface area contributed by atoms with Gasteiger partial charge in [0.15, 0.2) is 0 Å². The number of hydrogen-bond acceptors (Lipinski definition) is 1. The van der Waals surface area contributed by atoms with E-state index in [1.165, 1.54) is 0 Å². The van der Waals surface area contributed by atoms with E-state index in [1.54, 1.807) is 0 Å². The van der Waals surface area contributed by atoms with Crippen LogP contribution in [0.15, 0.2) is 24.8 Å². The fourth-order valence-corrected chi connectivity index (χ4v) is 1.57. The minimum absolute atomic E-state index is 0.300. The zero-order chi connectivity index (χ0) is 10.9.